The number of nitrogens with zero attached hydrogens (tertiary/aromatic N) is 3. The highest BCUT2D eigenvalue weighted by Gasteiger charge is 2.32. The zero-order valence-corrected chi connectivity index (χ0v) is 16.1. The van der Waals surface area contributed by atoms with Gasteiger partial charge < -0.3 is 5.32 Å². The Morgan fingerprint density at radius 3 is 2.36 bits per heavy atom. The summed E-state index contributed by atoms with van der Waals surface area (Å²) in [6.45, 7) is 2.16. The van der Waals surface area contributed by atoms with Gasteiger partial charge in [-0.2, -0.15) is 0 Å². The zero-order chi connectivity index (χ0) is 19.7. The number of aryl methyl sites for hydroxylation is 1. The summed E-state index contributed by atoms with van der Waals surface area (Å²) in [5, 5.41) is 13.5. The van der Waals surface area contributed by atoms with E-state index in [1.54, 1.807) is 12.1 Å². The molecule has 0 saturated carbocycles. The Morgan fingerprint density at radius 2 is 1.75 bits per heavy atom. The highest BCUT2D eigenvalue weighted by molar-refractivity contribution is 7.15. The van der Waals surface area contributed by atoms with E-state index >= 15 is 0 Å². The highest BCUT2D eigenvalue weighted by Crippen LogP contribution is 2.30. The Hall–Kier alpha value is -3.13. The predicted molar refractivity (Wildman–Crippen MR) is 106 cm³/mol. The third-order valence-corrected chi connectivity index (χ3v) is 5.64. The third-order valence-electron chi connectivity index (χ3n) is 4.66. The smallest absolute Gasteiger partial charge is 0.261 e. The van der Waals surface area contributed by atoms with Crippen LogP contribution in [0.2, 0.25) is 0 Å². The summed E-state index contributed by atoms with van der Waals surface area (Å²) in [6, 6.07) is 10.9. The van der Waals surface area contributed by atoms with Crippen molar-refractivity contribution in [3.8, 4) is 0 Å². The van der Waals surface area contributed by atoms with Crippen LogP contribution in [0.1, 0.15) is 45.5 Å². The molecule has 0 aliphatic carbocycles. The molecule has 28 heavy (non-hydrogen) atoms. The van der Waals surface area contributed by atoms with Crippen LogP contribution in [0.4, 0.5) is 5.13 Å². The monoisotopic (exact) mass is 394 g/mol. The molecule has 0 saturated heterocycles. The molecule has 3 amide bonds. The molecule has 0 bridgehead atoms. The Labute approximate surface area is 165 Å². The molecule has 7 nitrogen and oxygen atoms in total. The molecule has 0 radical (unpaired) electrons. The molecule has 0 atom stereocenters. The van der Waals surface area contributed by atoms with Crippen LogP contribution in [0.3, 0.4) is 0 Å². The van der Waals surface area contributed by atoms with Crippen molar-refractivity contribution in [2.45, 2.75) is 26.2 Å². The fourth-order valence-corrected chi connectivity index (χ4v) is 4.01. The van der Waals surface area contributed by atoms with Crippen LogP contribution in [-0.2, 0) is 11.2 Å². The lowest BCUT2D eigenvalue weighted by atomic mass is 9.94. The van der Waals surface area contributed by atoms with E-state index in [1.807, 2.05) is 31.2 Å². The van der Waals surface area contributed by atoms with Crippen molar-refractivity contribution < 1.29 is 14.4 Å². The second-order valence-corrected chi connectivity index (χ2v) is 7.54. The SMILES string of the molecule is CCc1nnc(NC(=O)CCCN2C(=O)c3cccc4cccc(c34)C2=O)s1. The number of amides is 3. The van der Waals surface area contributed by atoms with E-state index in [2.05, 4.69) is 15.5 Å². The second-order valence-electron chi connectivity index (χ2n) is 6.48. The van der Waals surface area contributed by atoms with Crippen molar-refractivity contribution >= 4 is 45.0 Å². The van der Waals surface area contributed by atoms with E-state index in [0.717, 1.165) is 16.8 Å². The van der Waals surface area contributed by atoms with Gasteiger partial charge in [0.15, 0.2) is 0 Å². The number of carbonyl (C=O) groups excluding carboxylic acids is 3. The van der Waals surface area contributed by atoms with Crippen LogP contribution in [0.25, 0.3) is 10.8 Å². The van der Waals surface area contributed by atoms with Crippen LogP contribution in [0.5, 0.6) is 0 Å². The Morgan fingerprint density at radius 1 is 1.07 bits per heavy atom. The predicted octanol–water partition coefficient (Wildman–Crippen LogP) is 3.27. The normalized spacial score (nSPS) is 13.2. The fourth-order valence-electron chi connectivity index (χ4n) is 3.31. The van der Waals surface area contributed by atoms with E-state index in [-0.39, 0.29) is 30.7 Å². The van der Waals surface area contributed by atoms with Crippen molar-refractivity contribution in [2.24, 2.45) is 0 Å². The molecule has 8 heteroatoms. The molecular formula is C20H18N4O3S. The van der Waals surface area contributed by atoms with Gasteiger partial charge in [0.2, 0.25) is 11.0 Å². The van der Waals surface area contributed by atoms with Crippen molar-refractivity contribution in [1.29, 1.82) is 0 Å². The molecule has 1 aliphatic rings. The van der Waals surface area contributed by atoms with Crippen LogP contribution in [0.15, 0.2) is 36.4 Å². The molecule has 1 N–H and O–H groups in total. The van der Waals surface area contributed by atoms with Crippen LogP contribution < -0.4 is 5.32 Å². The molecular weight excluding hydrogens is 376 g/mol. The average molecular weight is 394 g/mol. The molecule has 3 aromatic rings. The first kappa shape index (κ1) is 18.2. The quantitative estimate of drug-likeness (QED) is 0.648. The summed E-state index contributed by atoms with van der Waals surface area (Å²) in [5.41, 5.74) is 1.05. The minimum absolute atomic E-state index is 0.184. The minimum Gasteiger partial charge on any atom is -0.301 e. The molecule has 142 valence electrons. The summed E-state index contributed by atoms with van der Waals surface area (Å²) < 4.78 is 0. The first-order valence-corrected chi connectivity index (χ1v) is 9.90. The molecule has 1 aliphatic heterocycles. The van der Waals surface area contributed by atoms with Gasteiger partial charge in [-0.05, 0) is 30.4 Å². The van der Waals surface area contributed by atoms with Gasteiger partial charge in [-0.25, -0.2) is 0 Å². The largest absolute Gasteiger partial charge is 0.301 e. The lowest BCUT2D eigenvalue weighted by Gasteiger charge is -2.27. The topological polar surface area (TPSA) is 92.3 Å². The van der Waals surface area contributed by atoms with E-state index in [1.165, 1.54) is 16.2 Å². The Balaban J connectivity index is 1.42. The number of benzene rings is 2. The lowest BCUT2D eigenvalue weighted by molar-refractivity contribution is -0.116. The van der Waals surface area contributed by atoms with Crippen molar-refractivity contribution in [1.82, 2.24) is 15.1 Å². The van der Waals surface area contributed by atoms with E-state index < -0.39 is 0 Å². The molecule has 0 unspecified atom stereocenters. The van der Waals surface area contributed by atoms with Crippen LogP contribution in [0, 0.1) is 0 Å². The minimum atomic E-state index is -0.314. The maximum absolute atomic E-state index is 12.8. The Kier molecular flexibility index (Phi) is 4.87. The standard InChI is InChI=1S/C20H18N4O3S/c1-2-16-22-23-20(28-16)21-15(25)10-5-11-24-18(26)13-8-3-6-12-7-4-9-14(17(12)13)19(24)27/h3-4,6-9H,2,5,10-11H2,1H3,(H,21,23,25). The number of aromatic nitrogens is 2. The number of anilines is 1. The number of imide groups is 1. The number of nitrogens with one attached hydrogen (secondary N) is 1. The van der Waals surface area contributed by atoms with Gasteiger partial charge in [-0.3, -0.25) is 19.3 Å². The fraction of sp³-hybridized carbons (Fsp3) is 0.250. The van der Waals surface area contributed by atoms with Crippen LogP contribution in [-0.4, -0.2) is 39.4 Å². The number of rotatable bonds is 6. The zero-order valence-electron chi connectivity index (χ0n) is 15.3. The molecule has 2 heterocycles. The average Bonchev–Trinajstić information content (AvgIpc) is 3.16. The molecule has 1 aromatic heterocycles. The first-order chi connectivity index (χ1) is 13.6. The van der Waals surface area contributed by atoms with Crippen molar-refractivity contribution in [2.75, 3.05) is 11.9 Å². The maximum atomic E-state index is 12.8. The molecule has 0 spiro atoms. The van der Waals surface area contributed by atoms with Gasteiger partial charge in [0, 0.05) is 29.5 Å². The van der Waals surface area contributed by atoms with Gasteiger partial charge in [0.25, 0.3) is 11.8 Å². The second kappa shape index (κ2) is 7.47. The van der Waals surface area contributed by atoms with Gasteiger partial charge in [-0.15, -0.1) is 10.2 Å². The molecule has 2 aromatic carbocycles. The summed E-state index contributed by atoms with van der Waals surface area (Å²) in [7, 11) is 0. The van der Waals surface area contributed by atoms with Crippen LogP contribution >= 0.6 is 11.3 Å². The summed E-state index contributed by atoms with van der Waals surface area (Å²) in [4.78, 5) is 38.9. The van der Waals surface area contributed by atoms with Gasteiger partial charge in [-0.1, -0.05) is 42.5 Å². The van der Waals surface area contributed by atoms with Crippen molar-refractivity contribution in [3.05, 3.63) is 52.5 Å². The summed E-state index contributed by atoms with van der Waals surface area (Å²) in [5.74, 6) is -0.837. The molecule has 0 fully saturated rings. The maximum Gasteiger partial charge on any atom is 0.261 e. The number of hydrogen-bond donors (Lipinski definition) is 1. The van der Waals surface area contributed by atoms with E-state index in [0.29, 0.717) is 28.1 Å². The van der Waals surface area contributed by atoms with E-state index in [9.17, 15) is 14.4 Å². The van der Waals surface area contributed by atoms with Gasteiger partial charge in [0.05, 0.1) is 0 Å². The Bertz CT molecular complexity index is 1040. The summed E-state index contributed by atoms with van der Waals surface area (Å²) in [6.07, 6.45) is 1.33. The summed E-state index contributed by atoms with van der Waals surface area (Å²) >= 11 is 1.34. The van der Waals surface area contributed by atoms with Gasteiger partial charge >= 0.3 is 0 Å². The third kappa shape index (κ3) is 3.27. The van der Waals surface area contributed by atoms with E-state index in [4.69, 9.17) is 0 Å². The highest BCUT2D eigenvalue weighted by atomic mass is 32.1. The lowest BCUT2D eigenvalue weighted by Crippen LogP contribution is -2.41. The van der Waals surface area contributed by atoms with Gasteiger partial charge in [0.1, 0.15) is 5.01 Å². The van der Waals surface area contributed by atoms with Crippen molar-refractivity contribution in [3.63, 3.8) is 0 Å². The first-order valence-electron chi connectivity index (χ1n) is 9.08. The molecule has 4 rings (SSSR count). The number of carbonyl (C=O) groups is 3. The number of hydrogen-bond acceptors (Lipinski definition) is 6.